The molecule has 0 radical (unpaired) electrons. The minimum absolute atomic E-state index is 0. The number of amides is 1. The summed E-state index contributed by atoms with van der Waals surface area (Å²) in [6.45, 7) is 3.22. The molecule has 1 atom stereocenters. The Morgan fingerprint density at radius 1 is 1.12 bits per heavy atom. The lowest BCUT2D eigenvalue weighted by atomic mass is 10.1. The third-order valence-electron chi connectivity index (χ3n) is 5.91. The van der Waals surface area contributed by atoms with Crippen molar-refractivity contribution in [2.45, 2.75) is 19.4 Å². The van der Waals surface area contributed by atoms with Gasteiger partial charge in [-0.3, -0.25) is 4.79 Å². The van der Waals surface area contributed by atoms with Crippen LogP contribution in [0.15, 0.2) is 66.7 Å². The molecule has 1 amide bonds. The van der Waals surface area contributed by atoms with Crippen LogP contribution in [0.25, 0.3) is 22.3 Å². The highest BCUT2D eigenvalue weighted by atomic mass is 19.1. The molecule has 33 heavy (non-hydrogen) atoms. The van der Waals surface area contributed by atoms with E-state index in [1.807, 2.05) is 43.3 Å². The number of carbonyl (C=O) groups excluding carboxylic acids is 1. The van der Waals surface area contributed by atoms with Crippen LogP contribution >= 0.6 is 0 Å². The van der Waals surface area contributed by atoms with Gasteiger partial charge in [-0.1, -0.05) is 30.3 Å². The Bertz CT molecular complexity index is 1330. The number of nitrogens with one attached hydrogen (secondary N) is 1. The number of phenolic OH excluding ortho intramolecular Hbond substituents is 1. The molecule has 5 rings (SSSR count). The highest BCUT2D eigenvalue weighted by Gasteiger charge is 2.28. The van der Waals surface area contributed by atoms with Gasteiger partial charge in [0.2, 0.25) is 0 Å². The third kappa shape index (κ3) is 4.09. The molecular formula is C26H27FN4O2. The normalized spacial score (nSPS) is 15.7. The molecule has 0 saturated carbocycles. The number of aromatic nitrogens is 2. The van der Waals surface area contributed by atoms with Gasteiger partial charge in [-0.15, -0.1) is 0 Å². The van der Waals surface area contributed by atoms with E-state index in [0.717, 1.165) is 17.4 Å². The van der Waals surface area contributed by atoms with Crippen LogP contribution in [0.5, 0.6) is 5.75 Å². The van der Waals surface area contributed by atoms with Crippen molar-refractivity contribution < 1.29 is 17.1 Å². The van der Waals surface area contributed by atoms with Crippen LogP contribution in [-0.4, -0.2) is 40.1 Å². The van der Waals surface area contributed by atoms with Crippen LogP contribution in [0, 0.1) is 12.7 Å². The van der Waals surface area contributed by atoms with E-state index in [4.69, 9.17) is 0 Å². The summed E-state index contributed by atoms with van der Waals surface area (Å²) in [7, 11) is 0. The molecule has 1 aliphatic rings. The highest BCUT2D eigenvalue weighted by Crippen LogP contribution is 2.34. The Kier molecular flexibility index (Phi) is 5.38. The minimum Gasteiger partial charge on any atom is -0.507 e. The van der Waals surface area contributed by atoms with Gasteiger partial charge in [-0.25, -0.2) is 14.4 Å². The summed E-state index contributed by atoms with van der Waals surface area (Å²) in [5.41, 5.74) is 2.30. The summed E-state index contributed by atoms with van der Waals surface area (Å²) in [5.74, 6) is -0.100. The fourth-order valence-electron chi connectivity index (χ4n) is 4.24. The molecule has 6 nitrogen and oxygen atoms in total. The van der Waals surface area contributed by atoms with E-state index in [-0.39, 0.29) is 31.9 Å². The van der Waals surface area contributed by atoms with E-state index >= 15 is 0 Å². The predicted octanol–water partition coefficient (Wildman–Crippen LogP) is 4.95. The molecule has 1 aliphatic heterocycles. The van der Waals surface area contributed by atoms with Gasteiger partial charge in [0.05, 0.1) is 11.1 Å². The smallest absolute Gasteiger partial charge is 0.251 e. The molecule has 0 spiro atoms. The summed E-state index contributed by atoms with van der Waals surface area (Å²) < 4.78 is 14.6. The van der Waals surface area contributed by atoms with Crippen molar-refractivity contribution in [1.82, 2.24) is 15.3 Å². The van der Waals surface area contributed by atoms with Gasteiger partial charge in [-0.05, 0) is 55.3 Å². The van der Waals surface area contributed by atoms with E-state index < -0.39 is 5.82 Å². The van der Waals surface area contributed by atoms with Crippen molar-refractivity contribution in [2.24, 2.45) is 0 Å². The van der Waals surface area contributed by atoms with Crippen molar-refractivity contribution in [3.63, 3.8) is 0 Å². The van der Waals surface area contributed by atoms with Crippen LogP contribution < -0.4 is 10.2 Å². The Balaban J connectivity index is 0.00000171. The Morgan fingerprint density at radius 2 is 1.94 bits per heavy atom. The maximum atomic E-state index is 14.6. The SMILES string of the molecule is Cc1ccc2c(N3CC[C@@H](NC(=O)c4ccccc4)C3)nc(-c3c(O)cccc3F)nc2c1.[HH].[HH]. The first-order valence-electron chi connectivity index (χ1n) is 10.9. The first kappa shape index (κ1) is 20.9. The lowest BCUT2D eigenvalue weighted by Gasteiger charge is -2.21. The largest absolute Gasteiger partial charge is 0.507 e. The zero-order valence-corrected chi connectivity index (χ0v) is 18.1. The Hall–Kier alpha value is -4.00. The first-order chi connectivity index (χ1) is 16.0. The van der Waals surface area contributed by atoms with Gasteiger partial charge in [0.1, 0.15) is 17.4 Å². The van der Waals surface area contributed by atoms with Crippen molar-refractivity contribution in [3.05, 3.63) is 83.7 Å². The molecule has 4 aromatic rings. The zero-order chi connectivity index (χ0) is 22.9. The van der Waals surface area contributed by atoms with Crippen LogP contribution in [0.2, 0.25) is 0 Å². The molecule has 3 aromatic carbocycles. The standard InChI is InChI=1S/C26H23FN4O2.2H2/c1-16-10-11-19-21(14-16)29-24(23-20(27)8-5-9-22(23)32)30-25(19)31-13-12-18(15-31)28-26(33)17-6-3-2-4-7-17;;/h2-11,14,18,32H,12-13,15H2,1H3,(H,28,33);2*1H/t18-;;/m1../s1. The van der Waals surface area contributed by atoms with Gasteiger partial charge in [0.25, 0.3) is 5.91 Å². The number of phenols is 1. The van der Waals surface area contributed by atoms with Crippen molar-refractivity contribution in [2.75, 3.05) is 18.0 Å². The van der Waals surface area contributed by atoms with Gasteiger partial charge in [0.15, 0.2) is 5.82 Å². The van der Waals surface area contributed by atoms with E-state index in [1.54, 1.807) is 12.1 Å². The number of aromatic hydroxyl groups is 1. The second-order valence-electron chi connectivity index (χ2n) is 8.30. The zero-order valence-electron chi connectivity index (χ0n) is 18.1. The van der Waals surface area contributed by atoms with Gasteiger partial charge >= 0.3 is 0 Å². The number of hydrogen-bond acceptors (Lipinski definition) is 5. The molecule has 1 saturated heterocycles. The molecule has 1 aromatic heterocycles. The number of nitrogens with zero attached hydrogens (tertiary/aromatic N) is 3. The van der Waals surface area contributed by atoms with Crippen LogP contribution in [-0.2, 0) is 0 Å². The van der Waals surface area contributed by atoms with Crippen molar-refractivity contribution in [3.8, 4) is 17.1 Å². The number of halogens is 1. The number of aryl methyl sites for hydroxylation is 1. The van der Waals surface area contributed by atoms with E-state index in [0.29, 0.717) is 30.0 Å². The van der Waals surface area contributed by atoms with Gasteiger partial charge in [-0.2, -0.15) is 0 Å². The number of rotatable bonds is 4. The maximum absolute atomic E-state index is 14.6. The summed E-state index contributed by atoms with van der Waals surface area (Å²) >= 11 is 0. The average molecular weight is 447 g/mol. The number of benzene rings is 3. The number of carbonyl (C=O) groups is 1. The molecule has 0 aliphatic carbocycles. The van der Waals surface area contributed by atoms with Crippen molar-refractivity contribution in [1.29, 1.82) is 0 Å². The lowest BCUT2D eigenvalue weighted by Crippen LogP contribution is -2.37. The molecule has 2 heterocycles. The molecular weight excluding hydrogens is 419 g/mol. The monoisotopic (exact) mass is 446 g/mol. The second-order valence-corrected chi connectivity index (χ2v) is 8.30. The van der Waals surface area contributed by atoms with Crippen LogP contribution in [0.1, 0.15) is 25.2 Å². The molecule has 170 valence electrons. The van der Waals surface area contributed by atoms with E-state index in [2.05, 4.69) is 20.2 Å². The Labute approximate surface area is 193 Å². The highest BCUT2D eigenvalue weighted by molar-refractivity contribution is 5.95. The van der Waals surface area contributed by atoms with Gasteiger partial charge < -0.3 is 15.3 Å². The second kappa shape index (κ2) is 8.50. The molecule has 1 fully saturated rings. The molecule has 2 N–H and O–H groups in total. The van der Waals surface area contributed by atoms with Gasteiger partial charge in [0, 0.05) is 32.9 Å². The molecule has 7 heteroatoms. The first-order valence-corrected chi connectivity index (χ1v) is 10.9. The van der Waals surface area contributed by atoms with Crippen molar-refractivity contribution >= 4 is 22.6 Å². The summed E-state index contributed by atoms with van der Waals surface area (Å²) in [5, 5.41) is 14.2. The average Bonchev–Trinajstić information content (AvgIpc) is 3.27. The fourth-order valence-corrected chi connectivity index (χ4v) is 4.24. The van der Waals surface area contributed by atoms with E-state index in [9.17, 15) is 14.3 Å². The quantitative estimate of drug-likeness (QED) is 0.464. The fraction of sp³-hybridized carbons (Fsp3) is 0.192. The number of fused-ring (bicyclic) bond motifs is 1. The summed E-state index contributed by atoms with van der Waals surface area (Å²) in [6.07, 6.45) is 0.760. The summed E-state index contributed by atoms with van der Waals surface area (Å²) in [6, 6.07) is 19.1. The minimum atomic E-state index is -0.581. The predicted molar refractivity (Wildman–Crippen MR) is 130 cm³/mol. The van der Waals surface area contributed by atoms with Crippen LogP contribution in [0.3, 0.4) is 0 Å². The lowest BCUT2D eigenvalue weighted by molar-refractivity contribution is 0.0940. The number of anilines is 1. The maximum Gasteiger partial charge on any atom is 0.251 e. The third-order valence-corrected chi connectivity index (χ3v) is 5.91. The van der Waals surface area contributed by atoms with Crippen LogP contribution in [0.4, 0.5) is 10.2 Å². The summed E-state index contributed by atoms with van der Waals surface area (Å²) in [4.78, 5) is 23.9. The topological polar surface area (TPSA) is 78.4 Å². The molecule has 0 bridgehead atoms. The number of hydrogen-bond donors (Lipinski definition) is 2. The van der Waals surface area contributed by atoms with E-state index in [1.165, 1.54) is 18.2 Å². The Morgan fingerprint density at radius 3 is 2.73 bits per heavy atom. The molecule has 0 unspecified atom stereocenters.